The number of H-pyrrole nitrogens is 1. The predicted molar refractivity (Wildman–Crippen MR) is 137 cm³/mol. The van der Waals surface area contributed by atoms with Gasteiger partial charge in [0.05, 0.1) is 6.61 Å². The molecule has 1 saturated heterocycles. The quantitative estimate of drug-likeness (QED) is 0.111. The number of rotatable bonds is 10. The van der Waals surface area contributed by atoms with Gasteiger partial charge in [-0.15, -0.1) is 0 Å². The molecule has 2 rings (SSSR count). The molecule has 1 aliphatic rings. The van der Waals surface area contributed by atoms with Crippen LogP contribution in [0.1, 0.15) is 27.0 Å². The van der Waals surface area contributed by atoms with Crippen molar-refractivity contribution >= 4 is 39.6 Å². The fourth-order valence-electron chi connectivity index (χ4n) is 2.82. The summed E-state index contributed by atoms with van der Waals surface area (Å²) in [5, 5.41) is 20.1. The van der Waals surface area contributed by atoms with Gasteiger partial charge in [0.15, 0.2) is 14.5 Å². The van der Waals surface area contributed by atoms with Crippen molar-refractivity contribution in [2.45, 2.75) is 63.4 Å². The van der Waals surface area contributed by atoms with Crippen LogP contribution in [-0.2, 0) is 40.4 Å². The Balaban J connectivity index is 0.000000438. The van der Waals surface area contributed by atoms with Gasteiger partial charge in [0.25, 0.3) is 5.56 Å². The van der Waals surface area contributed by atoms with Gasteiger partial charge in [0, 0.05) is 12.3 Å². The average molecular weight is 696 g/mol. The van der Waals surface area contributed by atoms with Crippen LogP contribution in [0.15, 0.2) is 21.9 Å². The molecule has 26 heteroatoms. The summed E-state index contributed by atoms with van der Waals surface area (Å²) in [7, 11) is -24.8. The molecule has 2 unspecified atom stereocenters. The number of ether oxygens (including phenoxy) is 1. The summed E-state index contributed by atoms with van der Waals surface area (Å²) in [5.74, 6) is 0. The molecular formula is C15H32N2O19P4Si. The van der Waals surface area contributed by atoms with Gasteiger partial charge < -0.3 is 48.7 Å². The van der Waals surface area contributed by atoms with E-state index in [1.54, 1.807) is 0 Å². The standard InChI is InChI=1S/C15H26N2O6Si.H6O13P4/c1-15(2,3)24(4,5)23-12-9(8-18)22-13(11(12)20)17-7-6-10(19)16-14(17)21;1-14(2,3)11-16(7,8)13-17(9,10)12-15(4,5)6/h6-7,9,11-13,18,20H,8H2,1-5H3,(H,16,19,21);(H,7,8)(H,9,10)(H2,1,2,3)(H2,4,5,6)/t9-,11-,12-,13-;/m1./s1. The van der Waals surface area contributed by atoms with Crippen molar-refractivity contribution in [2.75, 3.05) is 6.61 Å². The minimum Gasteiger partial charge on any atom is -0.408 e. The Hall–Kier alpha value is -0.703. The minimum atomic E-state index is -5.77. The van der Waals surface area contributed by atoms with E-state index >= 15 is 0 Å². The van der Waals surface area contributed by atoms with E-state index in [0.29, 0.717) is 0 Å². The second-order valence-corrected chi connectivity index (χ2v) is 20.3. The van der Waals surface area contributed by atoms with Gasteiger partial charge in [-0.1, -0.05) is 20.8 Å². The molecule has 6 atom stereocenters. The van der Waals surface area contributed by atoms with Crippen LogP contribution in [0.25, 0.3) is 0 Å². The third-order valence-corrected chi connectivity index (χ3v) is 15.0. The van der Waals surface area contributed by atoms with Gasteiger partial charge in [0.1, 0.15) is 18.3 Å². The van der Waals surface area contributed by atoms with Gasteiger partial charge in [-0.2, -0.15) is 12.9 Å². The van der Waals surface area contributed by atoms with Gasteiger partial charge in [-0.05, 0) is 18.1 Å². The predicted octanol–water partition coefficient (Wildman–Crippen LogP) is -0.400. The molecule has 0 amide bonds. The number of hydrogen-bond acceptors (Lipinski definition) is 13. The van der Waals surface area contributed by atoms with E-state index in [-0.39, 0.29) is 11.6 Å². The zero-order valence-electron chi connectivity index (χ0n) is 22.0. The number of hydrogen-bond donors (Lipinski definition) is 9. The van der Waals surface area contributed by atoms with Crippen molar-refractivity contribution in [3.8, 4) is 0 Å². The number of aliphatic hydroxyl groups is 2. The molecule has 0 aliphatic carbocycles. The molecule has 21 nitrogen and oxygen atoms in total. The lowest BCUT2D eigenvalue weighted by Crippen LogP contribution is -2.50. The summed E-state index contributed by atoms with van der Waals surface area (Å²) in [4.78, 5) is 74.7. The van der Waals surface area contributed by atoms with Gasteiger partial charge in [-0.25, -0.2) is 23.1 Å². The van der Waals surface area contributed by atoms with E-state index in [4.69, 9.17) is 38.5 Å². The first-order chi connectivity index (χ1) is 18.1. The lowest BCUT2D eigenvalue weighted by molar-refractivity contribution is -0.0547. The molecule has 240 valence electrons. The van der Waals surface area contributed by atoms with E-state index in [0.717, 1.165) is 4.57 Å². The highest BCUT2D eigenvalue weighted by molar-refractivity contribution is 7.69. The first kappa shape index (κ1) is 38.3. The maximum absolute atomic E-state index is 11.9. The Bertz CT molecular complexity index is 1320. The number of aromatic nitrogens is 2. The lowest BCUT2D eigenvalue weighted by Gasteiger charge is -2.39. The van der Waals surface area contributed by atoms with Gasteiger partial charge in [0.2, 0.25) is 0 Å². The molecule has 9 N–H and O–H groups in total. The fraction of sp³-hybridized carbons (Fsp3) is 0.733. The normalized spacial score (nSPS) is 25.1. The summed E-state index contributed by atoms with van der Waals surface area (Å²) in [6, 6.07) is 1.17. The van der Waals surface area contributed by atoms with Crippen LogP contribution in [0.3, 0.4) is 0 Å². The molecule has 0 spiro atoms. The maximum atomic E-state index is 11.9. The maximum Gasteiger partial charge on any atom is 0.490 e. The van der Waals surface area contributed by atoms with E-state index in [1.165, 1.54) is 12.3 Å². The first-order valence-corrected chi connectivity index (χ1v) is 19.9. The van der Waals surface area contributed by atoms with Crippen LogP contribution in [0.5, 0.6) is 0 Å². The highest BCUT2D eigenvalue weighted by Crippen LogP contribution is 2.69. The summed E-state index contributed by atoms with van der Waals surface area (Å²) in [5.41, 5.74) is -1.22. The highest BCUT2D eigenvalue weighted by atomic mass is 31.3. The van der Waals surface area contributed by atoms with Crippen molar-refractivity contribution in [1.29, 1.82) is 0 Å². The second-order valence-electron chi connectivity index (χ2n) is 9.76. The smallest absolute Gasteiger partial charge is 0.408 e. The van der Waals surface area contributed by atoms with E-state index in [9.17, 15) is 38.1 Å². The number of nitrogens with zero attached hydrogens (tertiary/aromatic N) is 1. The monoisotopic (exact) mass is 696 g/mol. The summed E-state index contributed by atoms with van der Waals surface area (Å²) < 4.78 is 63.8. The molecule has 0 saturated carbocycles. The number of phosphoric acid groups is 4. The third-order valence-electron chi connectivity index (χ3n) is 5.48. The van der Waals surface area contributed by atoms with E-state index < -0.39 is 75.4 Å². The Labute approximate surface area is 232 Å². The minimum absolute atomic E-state index is 0.0837. The number of nitrogens with one attached hydrogen (secondary N) is 1. The van der Waals surface area contributed by atoms with Crippen molar-refractivity contribution in [2.24, 2.45) is 0 Å². The van der Waals surface area contributed by atoms with Crippen LogP contribution in [0.2, 0.25) is 18.1 Å². The Morgan fingerprint density at radius 1 is 0.951 bits per heavy atom. The molecule has 0 aromatic carbocycles. The topological polar surface area (TPSA) is 331 Å². The molecule has 1 aromatic heterocycles. The summed E-state index contributed by atoms with van der Waals surface area (Å²) >= 11 is 0. The zero-order chi connectivity index (χ0) is 32.4. The summed E-state index contributed by atoms with van der Waals surface area (Å²) in [6.45, 7) is 9.93. The molecule has 1 aliphatic heterocycles. The van der Waals surface area contributed by atoms with Crippen molar-refractivity contribution in [3.63, 3.8) is 0 Å². The van der Waals surface area contributed by atoms with Crippen LogP contribution in [0.4, 0.5) is 0 Å². The van der Waals surface area contributed by atoms with Crippen molar-refractivity contribution < 1.29 is 79.9 Å². The molecular weight excluding hydrogens is 664 g/mol. The van der Waals surface area contributed by atoms with E-state index in [2.05, 4.69) is 38.7 Å². The highest BCUT2D eigenvalue weighted by Gasteiger charge is 2.50. The largest absolute Gasteiger partial charge is 0.490 e. The molecule has 0 bridgehead atoms. The van der Waals surface area contributed by atoms with Crippen LogP contribution < -0.4 is 11.2 Å². The number of aliphatic hydroxyl groups excluding tert-OH is 2. The molecule has 41 heavy (non-hydrogen) atoms. The lowest BCUT2D eigenvalue weighted by atomic mass is 10.1. The Morgan fingerprint density at radius 2 is 1.41 bits per heavy atom. The Morgan fingerprint density at radius 3 is 1.78 bits per heavy atom. The van der Waals surface area contributed by atoms with Gasteiger partial charge in [-0.3, -0.25) is 14.3 Å². The van der Waals surface area contributed by atoms with Crippen molar-refractivity contribution in [3.05, 3.63) is 33.1 Å². The second kappa shape index (κ2) is 13.5. The fourth-order valence-corrected chi connectivity index (χ4v) is 8.11. The van der Waals surface area contributed by atoms with Crippen LogP contribution in [-0.4, -0.2) is 82.4 Å². The first-order valence-electron chi connectivity index (χ1n) is 10.9. The summed E-state index contributed by atoms with van der Waals surface area (Å²) in [6.07, 6.45) is -2.41. The number of aromatic amines is 1. The molecule has 1 aromatic rings. The SMILES string of the molecule is CC(C)(C)[Si](C)(C)O[C@H]1[C@@H](O)[C@H](n2ccc(=O)[nH]c2=O)O[C@@H]1CO.O=P(O)(O)OP(=O)(O)OP(=O)(O)OP(=O)(O)O. The van der Waals surface area contributed by atoms with Crippen LogP contribution >= 0.6 is 31.3 Å². The van der Waals surface area contributed by atoms with Gasteiger partial charge >= 0.3 is 37.0 Å². The third kappa shape index (κ3) is 12.4. The van der Waals surface area contributed by atoms with Crippen molar-refractivity contribution in [1.82, 2.24) is 9.55 Å². The average Bonchev–Trinajstić information content (AvgIpc) is 2.98. The molecule has 0 radical (unpaired) electrons. The Kier molecular flexibility index (Phi) is 12.6. The zero-order valence-corrected chi connectivity index (χ0v) is 26.6. The molecule has 2 heterocycles. The molecule has 1 fully saturated rings. The van der Waals surface area contributed by atoms with Crippen LogP contribution in [0, 0.1) is 0 Å². The van der Waals surface area contributed by atoms with E-state index in [1.807, 2.05) is 13.1 Å².